The zero-order valence-electron chi connectivity index (χ0n) is 15.3. The van der Waals surface area contributed by atoms with Crippen LogP contribution in [0.4, 0.5) is 0 Å². The maximum Gasteiger partial charge on any atom is 0.222 e. The van der Waals surface area contributed by atoms with Gasteiger partial charge in [-0.05, 0) is 44.4 Å². The first-order valence-corrected chi connectivity index (χ1v) is 8.33. The molecule has 0 aliphatic rings. The highest BCUT2D eigenvalue weighted by molar-refractivity contribution is 5.85. The summed E-state index contributed by atoms with van der Waals surface area (Å²) in [5, 5.41) is 3.07. The smallest absolute Gasteiger partial charge is 0.222 e. The van der Waals surface area contributed by atoms with Crippen molar-refractivity contribution in [3.05, 3.63) is 23.8 Å². The molecule has 0 saturated heterocycles. The highest BCUT2D eigenvalue weighted by atomic mass is 35.5. The largest absolute Gasteiger partial charge is 0.490 e. The van der Waals surface area contributed by atoms with Crippen LogP contribution in [0.5, 0.6) is 11.5 Å². The van der Waals surface area contributed by atoms with Crippen LogP contribution < -0.4 is 20.5 Å². The van der Waals surface area contributed by atoms with E-state index in [1.807, 2.05) is 39.0 Å². The van der Waals surface area contributed by atoms with E-state index in [9.17, 15) is 4.79 Å². The van der Waals surface area contributed by atoms with E-state index >= 15 is 0 Å². The molecule has 0 fully saturated rings. The molecular formula is C18H31ClN2O3. The first-order valence-electron chi connectivity index (χ1n) is 8.33. The second-order valence-electron chi connectivity index (χ2n) is 6.04. The van der Waals surface area contributed by atoms with Gasteiger partial charge in [0.1, 0.15) is 0 Å². The third-order valence-electron chi connectivity index (χ3n) is 3.42. The van der Waals surface area contributed by atoms with Crippen LogP contribution in [0.2, 0.25) is 0 Å². The van der Waals surface area contributed by atoms with E-state index in [0.717, 1.165) is 11.3 Å². The lowest BCUT2D eigenvalue weighted by molar-refractivity contribution is -0.122. The molecule has 6 heteroatoms. The summed E-state index contributed by atoms with van der Waals surface area (Å²) in [4.78, 5) is 12.1. The van der Waals surface area contributed by atoms with Crippen LogP contribution in [0.25, 0.3) is 0 Å². The van der Waals surface area contributed by atoms with Gasteiger partial charge in [-0.2, -0.15) is 0 Å². The van der Waals surface area contributed by atoms with Crippen molar-refractivity contribution < 1.29 is 14.3 Å². The van der Waals surface area contributed by atoms with Crippen molar-refractivity contribution in [1.29, 1.82) is 0 Å². The number of amides is 1. The Hall–Kier alpha value is -1.46. The van der Waals surface area contributed by atoms with E-state index in [1.165, 1.54) is 0 Å². The van der Waals surface area contributed by atoms with Gasteiger partial charge in [0.15, 0.2) is 11.5 Å². The normalized spacial score (nSPS) is 13.0. The molecule has 0 spiro atoms. The molecule has 1 aromatic rings. The molecule has 0 aromatic heterocycles. The van der Waals surface area contributed by atoms with Crippen molar-refractivity contribution >= 4 is 18.3 Å². The molecule has 0 aliphatic carbocycles. The van der Waals surface area contributed by atoms with Gasteiger partial charge in [-0.15, -0.1) is 12.4 Å². The Morgan fingerprint density at radius 1 is 1.12 bits per heavy atom. The molecule has 0 aliphatic heterocycles. The van der Waals surface area contributed by atoms with Gasteiger partial charge in [-0.25, -0.2) is 0 Å². The van der Waals surface area contributed by atoms with Crippen molar-refractivity contribution in [3.63, 3.8) is 0 Å². The van der Waals surface area contributed by atoms with Gasteiger partial charge in [-0.3, -0.25) is 4.79 Å². The third-order valence-corrected chi connectivity index (χ3v) is 3.42. The first kappa shape index (κ1) is 22.5. The molecule has 0 saturated carbocycles. The van der Waals surface area contributed by atoms with Gasteiger partial charge < -0.3 is 20.5 Å². The minimum atomic E-state index is -0.151. The molecule has 1 aromatic carbocycles. The molecule has 24 heavy (non-hydrogen) atoms. The molecule has 0 radical (unpaired) electrons. The number of nitrogens with one attached hydrogen (secondary N) is 1. The van der Waals surface area contributed by atoms with Crippen molar-refractivity contribution in [2.75, 3.05) is 13.2 Å². The minimum absolute atomic E-state index is 0. The molecule has 0 heterocycles. The quantitative estimate of drug-likeness (QED) is 0.709. The summed E-state index contributed by atoms with van der Waals surface area (Å²) < 4.78 is 11.3. The van der Waals surface area contributed by atoms with Gasteiger partial charge in [0.25, 0.3) is 0 Å². The van der Waals surface area contributed by atoms with Crippen LogP contribution in [-0.4, -0.2) is 25.2 Å². The summed E-state index contributed by atoms with van der Waals surface area (Å²) in [5.41, 5.74) is 6.71. The fourth-order valence-electron chi connectivity index (χ4n) is 2.42. The second-order valence-corrected chi connectivity index (χ2v) is 6.04. The summed E-state index contributed by atoms with van der Waals surface area (Å²) in [7, 11) is 0. The van der Waals surface area contributed by atoms with E-state index in [4.69, 9.17) is 15.2 Å². The van der Waals surface area contributed by atoms with E-state index in [2.05, 4.69) is 19.2 Å². The summed E-state index contributed by atoms with van der Waals surface area (Å²) in [6.07, 6.45) is 0.318. The molecule has 1 rings (SSSR count). The first-order chi connectivity index (χ1) is 10.9. The monoisotopic (exact) mass is 358 g/mol. The lowest BCUT2D eigenvalue weighted by Crippen LogP contribution is -2.35. The number of benzene rings is 1. The number of halogens is 1. The average molecular weight is 359 g/mol. The Bertz CT molecular complexity index is 507. The number of hydrogen-bond acceptors (Lipinski definition) is 4. The lowest BCUT2D eigenvalue weighted by Gasteiger charge is -2.24. The Kier molecular flexibility index (Phi) is 10.5. The van der Waals surface area contributed by atoms with Crippen LogP contribution in [0.3, 0.4) is 0 Å². The maximum atomic E-state index is 12.1. The highest BCUT2D eigenvalue weighted by Gasteiger charge is 2.20. The van der Waals surface area contributed by atoms with E-state index in [-0.39, 0.29) is 36.3 Å². The number of hydrogen-bond donors (Lipinski definition) is 2. The van der Waals surface area contributed by atoms with Crippen molar-refractivity contribution in [2.45, 2.75) is 53.1 Å². The summed E-state index contributed by atoms with van der Waals surface area (Å²) in [5.74, 6) is 1.64. The van der Waals surface area contributed by atoms with Gasteiger partial charge in [-0.1, -0.05) is 19.9 Å². The van der Waals surface area contributed by atoms with Crippen LogP contribution in [-0.2, 0) is 4.79 Å². The standard InChI is InChI=1S/C18H30N2O3.ClH/c1-6-22-15-9-8-14(11-16(15)23-7-2)18(12(3)4)20-17(21)10-13(5)19;/h8-9,11-13,18H,6-7,10,19H2,1-5H3,(H,20,21);1H. The van der Waals surface area contributed by atoms with Gasteiger partial charge in [0.2, 0.25) is 5.91 Å². The Morgan fingerprint density at radius 2 is 1.71 bits per heavy atom. The molecule has 3 N–H and O–H groups in total. The number of nitrogens with two attached hydrogens (primary N) is 1. The van der Waals surface area contributed by atoms with Crippen LogP contribution >= 0.6 is 12.4 Å². The Labute approximate surface area is 151 Å². The van der Waals surface area contributed by atoms with Crippen molar-refractivity contribution in [1.82, 2.24) is 5.32 Å². The molecule has 5 nitrogen and oxygen atoms in total. The van der Waals surface area contributed by atoms with E-state index in [1.54, 1.807) is 0 Å². The Balaban J connectivity index is 0.00000529. The minimum Gasteiger partial charge on any atom is -0.490 e. The van der Waals surface area contributed by atoms with Gasteiger partial charge in [0, 0.05) is 12.5 Å². The Morgan fingerprint density at radius 3 is 2.21 bits per heavy atom. The fraction of sp³-hybridized carbons (Fsp3) is 0.611. The topological polar surface area (TPSA) is 73.6 Å². The van der Waals surface area contributed by atoms with E-state index in [0.29, 0.717) is 25.4 Å². The van der Waals surface area contributed by atoms with Crippen LogP contribution in [0, 0.1) is 5.92 Å². The average Bonchev–Trinajstić information content (AvgIpc) is 2.46. The van der Waals surface area contributed by atoms with Crippen LogP contribution in [0.15, 0.2) is 18.2 Å². The summed E-state index contributed by atoms with van der Waals surface area (Å²) in [6.45, 7) is 11.0. The second kappa shape index (κ2) is 11.2. The zero-order valence-corrected chi connectivity index (χ0v) is 16.1. The number of carbonyl (C=O) groups excluding carboxylic acids is 1. The summed E-state index contributed by atoms with van der Waals surface area (Å²) >= 11 is 0. The van der Waals surface area contributed by atoms with E-state index < -0.39 is 0 Å². The molecule has 138 valence electrons. The van der Waals surface area contributed by atoms with Crippen molar-refractivity contribution in [2.24, 2.45) is 11.7 Å². The predicted molar refractivity (Wildman–Crippen MR) is 100 cm³/mol. The summed E-state index contributed by atoms with van der Waals surface area (Å²) in [6, 6.07) is 5.59. The number of rotatable bonds is 9. The predicted octanol–water partition coefficient (Wildman–Crippen LogP) is 3.46. The molecule has 1 amide bonds. The van der Waals surface area contributed by atoms with Gasteiger partial charge >= 0.3 is 0 Å². The third kappa shape index (κ3) is 6.97. The lowest BCUT2D eigenvalue weighted by atomic mass is 9.95. The maximum absolute atomic E-state index is 12.1. The van der Waals surface area contributed by atoms with Gasteiger partial charge in [0.05, 0.1) is 19.3 Å². The highest BCUT2D eigenvalue weighted by Crippen LogP contribution is 2.33. The van der Waals surface area contributed by atoms with Crippen molar-refractivity contribution in [3.8, 4) is 11.5 Å². The fourth-order valence-corrected chi connectivity index (χ4v) is 2.42. The molecule has 2 unspecified atom stereocenters. The zero-order chi connectivity index (χ0) is 17.4. The molecule has 2 atom stereocenters. The molecular weight excluding hydrogens is 328 g/mol. The van der Waals surface area contributed by atoms with Crippen LogP contribution in [0.1, 0.15) is 52.6 Å². The SMILES string of the molecule is CCOc1ccc(C(NC(=O)CC(C)N)C(C)C)cc1OCC.Cl. The molecule has 0 bridgehead atoms. The number of ether oxygens (including phenoxy) is 2. The number of carbonyl (C=O) groups is 1.